The summed E-state index contributed by atoms with van der Waals surface area (Å²) >= 11 is 6.39. The van der Waals surface area contributed by atoms with Crippen molar-refractivity contribution < 1.29 is 22.7 Å². The number of ether oxygens (including phenoxy) is 1. The molecule has 1 amide bonds. The van der Waals surface area contributed by atoms with Gasteiger partial charge in [-0.05, 0) is 60.5 Å². The minimum absolute atomic E-state index is 0.149. The highest BCUT2D eigenvalue weighted by Crippen LogP contribution is 2.36. The van der Waals surface area contributed by atoms with E-state index in [1.807, 2.05) is 12.1 Å². The number of methoxy groups -OCH3 is 1. The average Bonchev–Trinajstić information content (AvgIpc) is 3.03. The van der Waals surface area contributed by atoms with Gasteiger partial charge in [-0.25, -0.2) is 13.2 Å². The van der Waals surface area contributed by atoms with Crippen molar-refractivity contribution in [2.75, 3.05) is 38.2 Å². The van der Waals surface area contributed by atoms with Crippen LogP contribution in [-0.2, 0) is 11.3 Å². The smallest absolute Gasteiger partial charge is 0.259 e. The molecule has 5 aromatic rings. The number of anilines is 1. The minimum Gasteiger partial charge on any atom is -0.497 e. The molecule has 0 aliphatic carbocycles. The van der Waals surface area contributed by atoms with Crippen LogP contribution in [0.2, 0.25) is 5.02 Å². The van der Waals surface area contributed by atoms with Crippen molar-refractivity contribution in [1.82, 2.24) is 9.47 Å². The third kappa shape index (κ3) is 5.26. The molecule has 1 fully saturated rings. The number of hydrogen-bond acceptors (Lipinski definition) is 4. The van der Waals surface area contributed by atoms with Gasteiger partial charge in [-0.3, -0.25) is 9.59 Å². The number of benzene rings is 4. The lowest BCUT2D eigenvalue weighted by molar-refractivity contribution is -0.136. The molecule has 2 heterocycles. The van der Waals surface area contributed by atoms with Crippen molar-refractivity contribution in [1.29, 1.82) is 0 Å². The minimum atomic E-state index is -1.60. The van der Waals surface area contributed by atoms with Crippen LogP contribution in [0.1, 0.15) is 12.5 Å². The zero-order valence-electron chi connectivity index (χ0n) is 24.1. The van der Waals surface area contributed by atoms with E-state index in [1.54, 1.807) is 65.1 Å². The van der Waals surface area contributed by atoms with Crippen LogP contribution in [0, 0.1) is 11.6 Å². The number of halogens is 4. The molecule has 0 radical (unpaired) electrons. The van der Waals surface area contributed by atoms with Gasteiger partial charge in [0.2, 0.25) is 0 Å². The van der Waals surface area contributed by atoms with Crippen LogP contribution >= 0.6 is 11.6 Å². The van der Waals surface area contributed by atoms with E-state index in [9.17, 15) is 18.4 Å². The van der Waals surface area contributed by atoms with E-state index in [4.69, 9.17) is 16.3 Å². The number of pyridine rings is 1. The summed E-state index contributed by atoms with van der Waals surface area (Å²) in [5, 5.41) is 1.03. The molecule has 1 saturated heterocycles. The molecule has 1 unspecified atom stereocenters. The molecular formula is C34H29ClF3N3O3. The fourth-order valence-electron chi connectivity index (χ4n) is 5.89. The molecule has 10 heteroatoms. The van der Waals surface area contributed by atoms with Crippen molar-refractivity contribution >= 4 is 44.9 Å². The highest BCUT2D eigenvalue weighted by Gasteiger charge is 2.27. The summed E-state index contributed by atoms with van der Waals surface area (Å²) in [7, 11) is 1.57. The van der Waals surface area contributed by atoms with Gasteiger partial charge in [-0.15, -0.1) is 0 Å². The zero-order valence-corrected chi connectivity index (χ0v) is 24.9. The van der Waals surface area contributed by atoms with Crippen LogP contribution in [0.4, 0.5) is 18.9 Å². The number of piperazine rings is 1. The number of carbonyl (C=O) groups excluding carboxylic acids is 1. The van der Waals surface area contributed by atoms with Crippen LogP contribution in [0.15, 0.2) is 77.6 Å². The summed E-state index contributed by atoms with van der Waals surface area (Å²) in [5.41, 5.74) is 1.74. The summed E-state index contributed by atoms with van der Waals surface area (Å²) in [5.74, 6) is -1.01. The fraction of sp³-hybridized carbons (Fsp3) is 0.235. The lowest BCUT2D eigenvalue weighted by Gasteiger charge is -2.36. The number of carbonyl (C=O) groups is 1. The second-order valence-corrected chi connectivity index (χ2v) is 11.2. The van der Waals surface area contributed by atoms with E-state index in [0.29, 0.717) is 35.3 Å². The largest absolute Gasteiger partial charge is 0.497 e. The van der Waals surface area contributed by atoms with Crippen molar-refractivity contribution in [3.63, 3.8) is 0 Å². The third-order valence-corrected chi connectivity index (χ3v) is 8.49. The summed E-state index contributed by atoms with van der Waals surface area (Å²) in [6, 6.07) is 19.9. The van der Waals surface area contributed by atoms with E-state index in [1.165, 1.54) is 24.0 Å². The number of nitrogens with zero attached hydrogens (tertiary/aromatic N) is 3. The first-order valence-corrected chi connectivity index (χ1v) is 14.6. The maximum absolute atomic E-state index is 16.5. The maximum atomic E-state index is 16.5. The number of hydrogen-bond donors (Lipinski definition) is 0. The lowest BCUT2D eigenvalue weighted by atomic mass is 9.98. The Kier molecular flexibility index (Phi) is 7.98. The Balaban J connectivity index is 1.52. The Hall–Kier alpha value is -4.50. The second kappa shape index (κ2) is 11.9. The van der Waals surface area contributed by atoms with Gasteiger partial charge < -0.3 is 19.1 Å². The zero-order chi connectivity index (χ0) is 31.1. The van der Waals surface area contributed by atoms with Gasteiger partial charge in [-0.2, -0.15) is 0 Å². The third-order valence-electron chi connectivity index (χ3n) is 8.18. The molecule has 1 atom stereocenters. The van der Waals surface area contributed by atoms with Crippen LogP contribution in [0.3, 0.4) is 0 Å². The Labute approximate surface area is 256 Å². The number of fused-ring (bicyclic) bond motifs is 3. The van der Waals surface area contributed by atoms with Crippen LogP contribution < -0.4 is 15.2 Å². The van der Waals surface area contributed by atoms with Crippen molar-refractivity contribution in [3.8, 4) is 16.9 Å². The Morgan fingerprint density at radius 1 is 0.955 bits per heavy atom. The molecule has 0 spiro atoms. The van der Waals surface area contributed by atoms with E-state index in [0.717, 1.165) is 5.56 Å². The predicted molar refractivity (Wildman–Crippen MR) is 168 cm³/mol. The van der Waals surface area contributed by atoms with E-state index < -0.39 is 29.3 Å². The molecule has 6 nitrogen and oxygen atoms in total. The maximum Gasteiger partial charge on any atom is 0.259 e. The number of aromatic nitrogens is 1. The molecule has 0 saturated carbocycles. The van der Waals surface area contributed by atoms with Gasteiger partial charge in [0.15, 0.2) is 12.0 Å². The number of alkyl halides is 1. The summed E-state index contributed by atoms with van der Waals surface area (Å²) in [6.07, 6.45) is -1.60. The van der Waals surface area contributed by atoms with Gasteiger partial charge in [0.1, 0.15) is 11.6 Å². The van der Waals surface area contributed by atoms with Crippen LogP contribution in [0.5, 0.6) is 5.75 Å². The molecule has 44 heavy (non-hydrogen) atoms. The number of amides is 1. The second-order valence-electron chi connectivity index (χ2n) is 10.8. The standard InChI is InChI=1S/C34H29ClF3N3O3/c1-20(36)33(42)40-16-14-39(15-17-40)28-13-12-25-31(32(28)38)24-11-8-22(30-26(35)4-3-5-27(30)37)18-29(24)41(34(25)43)19-21-6-9-23(44-2)10-7-21/h3-13,18,20H,14-17,19H2,1-2H3. The molecule has 6 rings (SSSR count). The fourth-order valence-corrected chi connectivity index (χ4v) is 6.16. The van der Waals surface area contributed by atoms with Gasteiger partial charge in [0.05, 0.1) is 35.3 Å². The average molecular weight is 620 g/mol. The lowest BCUT2D eigenvalue weighted by Crippen LogP contribution is -2.50. The molecule has 226 valence electrons. The molecule has 0 bridgehead atoms. The molecule has 1 aromatic heterocycles. The highest BCUT2D eigenvalue weighted by atomic mass is 35.5. The highest BCUT2D eigenvalue weighted by molar-refractivity contribution is 6.33. The van der Waals surface area contributed by atoms with E-state index in [-0.39, 0.29) is 46.7 Å². The Morgan fingerprint density at radius 3 is 2.32 bits per heavy atom. The molecule has 1 aliphatic rings. The Bertz CT molecular complexity index is 1930. The van der Waals surface area contributed by atoms with E-state index >= 15 is 4.39 Å². The summed E-state index contributed by atoms with van der Waals surface area (Å²) < 4.78 is 51.9. The van der Waals surface area contributed by atoms with Crippen LogP contribution in [-0.4, -0.2) is 54.8 Å². The van der Waals surface area contributed by atoms with Gasteiger partial charge in [-0.1, -0.05) is 41.9 Å². The van der Waals surface area contributed by atoms with Gasteiger partial charge >= 0.3 is 0 Å². The number of rotatable bonds is 6. The SMILES string of the molecule is COc1ccc(Cn2c(=O)c3ccc(N4CCN(C(=O)C(C)F)CC4)c(F)c3c3ccc(-c4c(F)cccc4Cl)cc32)cc1. The van der Waals surface area contributed by atoms with Crippen molar-refractivity contribution in [2.24, 2.45) is 0 Å². The summed E-state index contributed by atoms with van der Waals surface area (Å²) in [4.78, 5) is 29.4. The molecule has 0 N–H and O–H groups in total. The first kappa shape index (κ1) is 29.6. The normalized spacial score (nSPS) is 14.3. The van der Waals surface area contributed by atoms with E-state index in [2.05, 4.69) is 0 Å². The van der Waals surface area contributed by atoms with Gasteiger partial charge in [0.25, 0.3) is 11.5 Å². The molecular weight excluding hydrogens is 591 g/mol. The quantitative estimate of drug-likeness (QED) is 0.196. The van der Waals surface area contributed by atoms with Crippen molar-refractivity contribution in [3.05, 3.63) is 105 Å². The van der Waals surface area contributed by atoms with Crippen molar-refractivity contribution in [2.45, 2.75) is 19.6 Å². The van der Waals surface area contributed by atoms with Gasteiger partial charge in [0, 0.05) is 42.5 Å². The summed E-state index contributed by atoms with van der Waals surface area (Å²) in [6.45, 7) is 2.50. The first-order chi connectivity index (χ1) is 21.2. The molecule has 4 aromatic carbocycles. The predicted octanol–water partition coefficient (Wildman–Crippen LogP) is 6.82. The topological polar surface area (TPSA) is 54.8 Å². The molecule has 1 aliphatic heterocycles. The Morgan fingerprint density at radius 2 is 1.66 bits per heavy atom. The first-order valence-electron chi connectivity index (χ1n) is 14.2. The monoisotopic (exact) mass is 619 g/mol. The van der Waals surface area contributed by atoms with Crippen LogP contribution in [0.25, 0.3) is 32.8 Å².